The van der Waals surface area contributed by atoms with Crippen molar-refractivity contribution in [2.24, 2.45) is 0 Å². The molecule has 326 valence electrons. The van der Waals surface area contributed by atoms with Gasteiger partial charge in [-0.25, -0.2) is 40.0 Å². The summed E-state index contributed by atoms with van der Waals surface area (Å²) < 4.78 is 42.3. The Kier molecular flexibility index (Phi) is 15.1. The molecule has 4 unspecified atom stereocenters. The Morgan fingerprint density at radius 2 is 0.850 bits per heavy atom. The van der Waals surface area contributed by atoms with Crippen molar-refractivity contribution in [2.75, 3.05) is 27.4 Å². The maximum absolute atomic E-state index is 13.3. The predicted molar refractivity (Wildman–Crippen MR) is 205 cm³/mol. The summed E-state index contributed by atoms with van der Waals surface area (Å²) in [4.78, 5) is 102. The molecule has 0 saturated carbocycles. The lowest BCUT2D eigenvalue weighted by Gasteiger charge is -2.29. The van der Waals surface area contributed by atoms with Crippen LogP contribution in [0.1, 0.15) is 76.1 Å². The Hall–Kier alpha value is -5.96. The van der Waals surface area contributed by atoms with Crippen LogP contribution in [-0.2, 0) is 57.1 Å². The summed E-state index contributed by atoms with van der Waals surface area (Å²) in [6, 6.07) is 11.6. The third kappa shape index (κ3) is 11.6. The highest BCUT2D eigenvalue weighted by molar-refractivity contribution is 6.00. The summed E-state index contributed by atoms with van der Waals surface area (Å²) >= 11 is 0. The number of esters is 2. The summed E-state index contributed by atoms with van der Waals surface area (Å²) in [6.45, 7) is 11.1. The molecule has 20 heteroatoms. The van der Waals surface area contributed by atoms with Gasteiger partial charge >= 0.3 is 24.1 Å². The normalized spacial score (nSPS) is 20.1. The summed E-state index contributed by atoms with van der Waals surface area (Å²) in [5.41, 5.74) is 6.35. The molecule has 2 fully saturated rings. The number of carbonyl (C=O) groups excluding carboxylic acids is 8. The summed E-state index contributed by atoms with van der Waals surface area (Å²) in [6.07, 6.45) is -7.92. The molecule has 0 bridgehead atoms. The van der Waals surface area contributed by atoms with Crippen molar-refractivity contribution in [3.63, 3.8) is 0 Å². The van der Waals surface area contributed by atoms with Crippen molar-refractivity contribution in [3.8, 4) is 11.1 Å². The maximum atomic E-state index is 13.3. The molecule has 2 aliphatic rings. The van der Waals surface area contributed by atoms with Crippen molar-refractivity contribution >= 4 is 47.5 Å². The number of nitrogens with zero attached hydrogens (tertiary/aromatic N) is 2. The molecule has 0 radical (unpaired) electrons. The summed E-state index contributed by atoms with van der Waals surface area (Å²) in [5, 5.41) is 1.89. The van der Waals surface area contributed by atoms with E-state index >= 15 is 0 Å². The molecular formula is C40H50N4O16. The lowest BCUT2D eigenvalue weighted by atomic mass is 10.0. The zero-order valence-electron chi connectivity index (χ0n) is 34.9. The molecule has 2 saturated heterocycles. The molecule has 4 atom stereocenters. The first-order valence-corrected chi connectivity index (χ1v) is 18.7. The van der Waals surface area contributed by atoms with E-state index in [2.05, 4.69) is 20.3 Å². The molecule has 2 N–H and O–H groups in total. The van der Waals surface area contributed by atoms with Crippen LogP contribution in [0, 0.1) is 0 Å². The number of benzene rings is 2. The first-order chi connectivity index (χ1) is 28.1. The molecule has 2 aliphatic heterocycles. The van der Waals surface area contributed by atoms with E-state index in [0.717, 1.165) is 24.2 Å². The topological polar surface area (TPSA) is 241 Å². The van der Waals surface area contributed by atoms with E-state index in [4.69, 9.17) is 28.4 Å². The third-order valence-electron chi connectivity index (χ3n) is 8.88. The van der Waals surface area contributed by atoms with E-state index in [9.17, 15) is 38.4 Å². The number of Topliss-reactive ketones (excluding diaryl/α,β-unsaturated/α-hetero) is 2. The minimum atomic E-state index is -1.55. The first-order valence-electron chi connectivity index (χ1n) is 18.7. The van der Waals surface area contributed by atoms with Gasteiger partial charge < -0.3 is 37.9 Å². The van der Waals surface area contributed by atoms with Crippen LogP contribution in [0.25, 0.3) is 11.1 Å². The molecule has 2 aromatic rings. The number of hydrogen-bond acceptors (Lipinski definition) is 16. The van der Waals surface area contributed by atoms with Crippen LogP contribution in [0.4, 0.5) is 9.59 Å². The molecule has 2 aromatic carbocycles. The van der Waals surface area contributed by atoms with E-state index in [1.807, 2.05) is 0 Å². The van der Waals surface area contributed by atoms with Crippen LogP contribution in [0.15, 0.2) is 48.5 Å². The van der Waals surface area contributed by atoms with Gasteiger partial charge in [-0.2, -0.15) is 0 Å². The number of hydrogen-bond donors (Lipinski definition) is 2. The maximum Gasteiger partial charge on any atom is 0.425 e. The van der Waals surface area contributed by atoms with Gasteiger partial charge in [-0.1, -0.05) is 48.5 Å². The van der Waals surface area contributed by atoms with Crippen LogP contribution < -0.4 is 10.9 Å². The van der Waals surface area contributed by atoms with Crippen molar-refractivity contribution in [1.29, 1.82) is 0 Å². The second-order valence-electron chi connectivity index (χ2n) is 15.0. The number of nitrogens with one attached hydrogen (secondary N) is 2. The largest absolute Gasteiger partial charge is 0.455 e. The minimum absolute atomic E-state index is 0.214. The molecule has 0 aromatic heterocycles. The number of rotatable bonds is 13. The second kappa shape index (κ2) is 19.4. The molecule has 60 heavy (non-hydrogen) atoms. The van der Waals surface area contributed by atoms with Crippen LogP contribution in [-0.4, -0.2) is 133 Å². The summed E-state index contributed by atoms with van der Waals surface area (Å²) in [7, 11) is 2.25. The molecule has 4 amide bonds. The Labute approximate surface area is 345 Å². The molecule has 20 nitrogen and oxygen atoms in total. The van der Waals surface area contributed by atoms with Crippen LogP contribution in [0.5, 0.6) is 0 Å². The number of methoxy groups -OCH3 is 2. The van der Waals surface area contributed by atoms with Gasteiger partial charge in [0.25, 0.3) is 11.8 Å². The molecular weight excluding hydrogens is 792 g/mol. The van der Waals surface area contributed by atoms with Gasteiger partial charge in [0.2, 0.25) is 0 Å². The van der Waals surface area contributed by atoms with Crippen LogP contribution >= 0.6 is 0 Å². The lowest BCUT2D eigenvalue weighted by molar-refractivity contribution is -0.171. The highest BCUT2D eigenvalue weighted by atomic mass is 16.8. The first kappa shape index (κ1) is 46.7. The zero-order valence-corrected chi connectivity index (χ0v) is 34.9. The van der Waals surface area contributed by atoms with Gasteiger partial charge in [-0.3, -0.25) is 19.2 Å². The Bertz CT molecular complexity index is 1810. The van der Waals surface area contributed by atoms with Crippen molar-refractivity contribution in [1.82, 2.24) is 20.9 Å². The van der Waals surface area contributed by atoms with Crippen molar-refractivity contribution < 1.29 is 76.3 Å². The summed E-state index contributed by atoms with van der Waals surface area (Å²) in [5.74, 6) is -7.48. The zero-order chi connectivity index (χ0) is 44.7. The highest BCUT2D eigenvalue weighted by Crippen LogP contribution is 2.32. The van der Waals surface area contributed by atoms with E-state index in [0.29, 0.717) is 11.1 Å². The average molecular weight is 843 g/mol. The highest BCUT2D eigenvalue weighted by Gasteiger charge is 2.53. The number of amides is 4. The quantitative estimate of drug-likeness (QED) is 0.128. The van der Waals surface area contributed by atoms with Crippen molar-refractivity contribution in [2.45, 2.75) is 103 Å². The van der Waals surface area contributed by atoms with Gasteiger partial charge in [0, 0.05) is 23.2 Å². The van der Waals surface area contributed by atoms with Crippen LogP contribution in [0.3, 0.4) is 0 Å². The second-order valence-corrected chi connectivity index (χ2v) is 15.0. The van der Waals surface area contributed by atoms with E-state index in [1.54, 1.807) is 52.0 Å². The van der Waals surface area contributed by atoms with Gasteiger partial charge in [0.15, 0.2) is 60.8 Å². The fourth-order valence-electron chi connectivity index (χ4n) is 5.97. The fourth-order valence-corrected chi connectivity index (χ4v) is 5.97. The average Bonchev–Trinajstić information content (AvgIpc) is 3.73. The van der Waals surface area contributed by atoms with Gasteiger partial charge in [-0.15, -0.1) is 0 Å². The minimum Gasteiger partial charge on any atom is -0.455 e. The number of carbonyl (C=O) groups is 8. The number of ether oxygens (including phenoxy) is 8. The SMILES string of the molecule is COC(=O)NN(C(=O)C1OC(C)(C)OC1C(=O)OCC(=O)c1ccc(-c2ccc(C(=O)COC(=O)C3OC(C)(C)OC3C(=O)N(NC(=O)OC)C(C)C)cc2)cc1)C(C)C. The lowest BCUT2D eigenvalue weighted by Crippen LogP contribution is -2.56. The molecule has 0 spiro atoms. The standard InChI is InChI=1S/C40H50N4O16/c1-21(2)43(41-37(51)53-9)33(47)29-31(59-39(5,6)57-29)35(49)55-19-27(45)25-15-11-23(12-16-25)24-13-17-26(18-14-24)28(46)20-56-36(50)32-30(58-40(7,8)60-32)34(48)44(22(3)4)42-38(52)54-10/h11-18,21-22,29-32H,19-20H2,1-10H3,(H,41,51)(H,42,52). The molecule has 0 aliphatic carbocycles. The Morgan fingerprint density at radius 3 is 1.13 bits per heavy atom. The smallest absolute Gasteiger partial charge is 0.425 e. The molecule has 2 heterocycles. The fraction of sp³-hybridized carbons (Fsp3) is 0.500. The Balaban J connectivity index is 1.33. The van der Waals surface area contributed by atoms with Gasteiger partial charge in [0.1, 0.15) is 0 Å². The predicted octanol–water partition coefficient (Wildman–Crippen LogP) is 2.86. The van der Waals surface area contributed by atoms with Crippen LogP contribution in [0.2, 0.25) is 0 Å². The van der Waals surface area contributed by atoms with E-state index in [-0.39, 0.29) is 11.1 Å². The van der Waals surface area contributed by atoms with Gasteiger partial charge in [0.05, 0.1) is 14.2 Å². The third-order valence-corrected chi connectivity index (χ3v) is 8.88. The molecule has 4 rings (SSSR count). The van der Waals surface area contributed by atoms with Gasteiger partial charge in [-0.05, 0) is 66.5 Å². The number of hydrazine groups is 2. The van der Waals surface area contributed by atoms with Crippen molar-refractivity contribution in [3.05, 3.63) is 59.7 Å². The Morgan fingerprint density at radius 1 is 0.550 bits per heavy atom. The van der Waals surface area contributed by atoms with E-state index in [1.165, 1.54) is 52.0 Å². The monoisotopic (exact) mass is 842 g/mol. The van der Waals surface area contributed by atoms with E-state index < -0.39 is 109 Å². The number of ketones is 2.